The van der Waals surface area contributed by atoms with Gasteiger partial charge in [0, 0.05) is 12.8 Å². The van der Waals surface area contributed by atoms with Gasteiger partial charge >= 0.3 is 47.6 Å². The number of alkyl halides is 17. The fraction of sp³-hybridized carbons (Fsp3) is 0.722. The molecule has 0 atom stereocenters. The van der Waals surface area contributed by atoms with Crippen LogP contribution in [0.15, 0.2) is 31.4 Å². The molecule has 1 heterocycles. The third-order valence-corrected chi connectivity index (χ3v) is 5.03. The molecule has 0 aliphatic heterocycles. The molecule has 0 fully saturated rings. The fourth-order valence-corrected chi connectivity index (χ4v) is 2.78. The first-order valence-corrected chi connectivity index (χ1v) is 9.63. The number of hydrogen-bond donors (Lipinski definition) is 0. The molecular formula is C18H16F17N2+. The predicted molar refractivity (Wildman–Crippen MR) is 89.4 cm³/mol. The first-order chi connectivity index (χ1) is 16.3. The highest BCUT2D eigenvalue weighted by atomic mass is 19.4. The quantitative estimate of drug-likeness (QED) is 0.133. The largest absolute Gasteiger partial charge is 0.460 e. The molecule has 1 aromatic heterocycles. The zero-order valence-corrected chi connectivity index (χ0v) is 17.9. The van der Waals surface area contributed by atoms with Crippen LogP contribution in [0, 0.1) is 0 Å². The summed E-state index contributed by atoms with van der Waals surface area (Å²) in [5.41, 5.74) is 0. The van der Waals surface area contributed by atoms with Crippen LogP contribution < -0.4 is 4.57 Å². The van der Waals surface area contributed by atoms with Gasteiger partial charge < -0.3 is 0 Å². The summed E-state index contributed by atoms with van der Waals surface area (Å²) in [5.74, 6) is -56.0. The Hall–Kier alpha value is -2.24. The molecule has 0 aliphatic rings. The number of imidazole rings is 1. The van der Waals surface area contributed by atoms with E-state index in [1.165, 1.54) is 29.4 Å². The number of nitrogens with zero attached hydrogens (tertiary/aromatic N) is 2. The highest BCUT2D eigenvalue weighted by Crippen LogP contribution is 2.64. The number of aromatic nitrogens is 2. The normalized spacial score (nSPS) is 15.3. The van der Waals surface area contributed by atoms with Gasteiger partial charge in [-0.05, 0) is 6.42 Å². The van der Waals surface area contributed by atoms with Crippen LogP contribution in [-0.4, -0.2) is 52.2 Å². The molecule has 19 heteroatoms. The van der Waals surface area contributed by atoms with E-state index in [1.54, 1.807) is 0 Å². The summed E-state index contributed by atoms with van der Waals surface area (Å²) < 4.78 is 227. The highest BCUT2D eigenvalue weighted by Gasteiger charge is 2.95. The molecule has 0 aliphatic carbocycles. The smallest absolute Gasteiger partial charge is 0.237 e. The molecule has 0 bridgehead atoms. The molecule has 216 valence electrons. The van der Waals surface area contributed by atoms with E-state index in [0.29, 0.717) is 13.0 Å². The van der Waals surface area contributed by atoms with E-state index in [9.17, 15) is 74.6 Å². The molecule has 0 saturated carbocycles. The van der Waals surface area contributed by atoms with Crippen LogP contribution in [0.2, 0.25) is 0 Å². The SMILES string of the molecule is C=CCC[n+]1ccn(CCCC(F)(F)C(F)(F)C(F)(F)C(F)(F)C(F)(F)C(F)(F)C(F)(F)C(F)(F)F)c1. The summed E-state index contributed by atoms with van der Waals surface area (Å²) in [7, 11) is 0. The van der Waals surface area contributed by atoms with E-state index in [-0.39, 0.29) is 0 Å². The summed E-state index contributed by atoms with van der Waals surface area (Å²) >= 11 is 0. The van der Waals surface area contributed by atoms with E-state index in [1.807, 2.05) is 0 Å². The van der Waals surface area contributed by atoms with Crippen LogP contribution >= 0.6 is 0 Å². The summed E-state index contributed by atoms with van der Waals surface area (Å²) in [4.78, 5) is 0. The van der Waals surface area contributed by atoms with Gasteiger partial charge in [-0.15, -0.1) is 6.58 Å². The second kappa shape index (κ2) is 9.81. The fourth-order valence-electron chi connectivity index (χ4n) is 2.78. The third kappa shape index (κ3) is 5.22. The average molecular weight is 583 g/mol. The van der Waals surface area contributed by atoms with Gasteiger partial charge in [-0.2, -0.15) is 74.6 Å². The number of allylic oxidation sites excluding steroid dienone is 1. The Morgan fingerprint density at radius 2 is 1.08 bits per heavy atom. The predicted octanol–water partition coefficient (Wildman–Crippen LogP) is 7.14. The van der Waals surface area contributed by atoms with E-state index in [2.05, 4.69) is 6.58 Å². The molecule has 1 rings (SSSR count). The molecule has 0 amide bonds. The van der Waals surface area contributed by atoms with Crippen LogP contribution in [0.3, 0.4) is 0 Å². The van der Waals surface area contributed by atoms with E-state index < -0.39 is 67.0 Å². The first-order valence-electron chi connectivity index (χ1n) is 9.63. The van der Waals surface area contributed by atoms with Crippen LogP contribution in [0.4, 0.5) is 74.6 Å². The zero-order valence-electron chi connectivity index (χ0n) is 17.9. The topological polar surface area (TPSA) is 8.81 Å². The van der Waals surface area contributed by atoms with Gasteiger partial charge in [0.15, 0.2) is 0 Å². The summed E-state index contributed by atoms with van der Waals surface area (Å²) in [6.07, 6.45) is -5.83. The van der Waals surface area contributed by atoms with Gasteiger partial charge in [-0.3, -0.25) is 0 Å². The van der Waals surface area contributed by atoms with Crippen molar-refractivity contribution >= 4 is 0 Å². The zero-order chi connectivity index (χ0) is 29.5. The number of halogens is 17. The lowest BCUT2D eigenvalue weighted by Crippen LogP contribution is -2.74. The van der Waals surface area contributed by atoms with Gasteiger partial charge in [-0.25, -0.2) is 9.13 Å². The van der Waals surface area contributed by atoms with E-state index >= 15 is 0 Å². The van der Waals surface area contributed by atoms with Gasteiger partial charge in [0.2, 0.25) is 6.33 Å². The Morgan fingerprint density at radius 1 is 0.649 bits per heavy atom. The Kier molecular flexibility index (Phi) is 8.70. The van der Waals surface area contributed by atoms with Crippen molar-refractivity contribution in [2.75, 3.05) is 0 Å². The van der Waals surface area contributed by atoms with E-state index in [0.717, 1.165) is 4.57 Å². The van der Waals surface area contributed by atoms with Crippen molar-refractivity contribution in [2.45, 2.75) is 80.0 Å². The molecule has 0 unspecified atom stereocenters. The Labute approximate surface area is 196 Å². The minimum Gasteiger partial charge on any atom is -0.237 e. The van der Waals surface area contributed by atoms with Crippen LogP contribution in [0.25, 0.3) is 0 Å². The Balaban J connectivity index is 3.25. The lowest BCUT2D eigenvalue weighted by atomic mass is 9.88. The molecule has 37 heavy (non-hydrogen) atoms. The third-order valence-electron chi connectivity index (χ3n) is 5.03. The minimum absolute atomic E-state index is 0.304. The second-order valence-electron chi connectivity index (χ2n) is 7.72. The average Bonchev–Trinajstić information content (AvgIpc) is 3.17. The van der Waals surface area contributed by atoms with Crippen molar-refractivity contribution in [3.8, 4) is 0 Å². The van der Waals surface area contributed by atoms with Crippen molar-refractivity contribution in [1.29, 1.82) is 0 Å². The summed E-state index contributed by atoms with van der Waals surface area (Å²) in [5, 5.41) is 0. The summed E-state index contributed by atoms with van der Waals surface area (Å²) in [6.45, 7) is 3.04. The van der Waals surface area contributed by atoms with Gasteiger partial charge in [0.05, 0.1) is 13.1 Å². The maximum atomic E-state index is 13.9. The van der Waals surface area contributed by atoms with Crippen molar-refractivity contribution in [3.05, 3.63) is 31.4 Å². The molecule has 0 radical (unpaired) electrons. The van der Waals surface area contributed by atoms with Crippen LogP contribution in [0.1, 0.15) is 19.3 Å². The second-order valence-corrected chi connectivity index (χ2v) is 7.72. The monoisotopic (exact) mass is 583 g/mol. The molecule has 0 spiro atoms. The molecule has 0 N–H and O–H groups in total. The Bertz CT molecular complexity index is 929. The standard InChI is InChI=1S/C18H16F17N2/c1-2-3-6-36-8-9-37(10-36)7-4-5-11(19,20)12(21,22)13(23,24)14(25,26)15(27,28)16(29,30)17(31,32)18(33,34)35/h2,8-10H,1,3-7H2/q+1. The number of rotatable bonds is 13. The number of aryl methyl sites for hydroxylation is 2. The van der Waals surface area contributed by atoms with Gasteiger partial charge in [0.1, 0.15) is 12.4 Å². The molecular weight excluding hydrogens is 567 g/mol. The lowest BCUT2D eigenvalue weighted by Gasteiger charge is -2.42. The van der Waals surface area contributed by atoms with Crippen molar-refractivity contribution in [3.63, 3.8) is 0 Å². The molecule has 0 aromatic carbocycles. The van der Waals surface area contributed by atoms with Crippen molar-refractivity contribution in [1.82, 2.24) is 4.57 Å². The van der Waals surface area contributed by atoms with Gasteiger partial charge in [0.25, 0.3) is 0 Å². The van der Waals surface area contributed by atoms with Crippen molar-refractivity contribution < 1.29 is 79.2 Å². The van der Waals surface area contributed by atoms with E-state index in [4.69, 9.17) is 0 Å². The van der Waals surface area contributed by atoms with Gasteiger partial charge in [-0.1, -0.05) is 6.08 Å². The Morgan fingerprint density at radius 3 is 1.51 bits per heavy atom. The maximum absolute atomic E-state index is 13.9. The lowest BCUT2D eigenvalue weighted by molar-refractivity contribution is -0.695. The minimum atomic E-state index is -8.60. The molecule has 1 aromatic rings. The summed E-state index contributed by atoms with van der Waals surface area (Å²) in [6, 6.07) is 0. The number of hydrogen-bond acceptors (Lipinski definition) is 0. The maximum Gasteiger partial charge on any atom is 0.460 e. The van der Waals surface area contributed by atoms with Crippen LogP contribution in [-0.2, 0) is 13.1 Å². The molecule has 0 saturated heterocycles. The highest BCUT2D eigenvalue weighted by molar-refractivity contribution is 5.15. The van der Waals surface area contributed by atoms with Crippen molar-refractivity contribution in [2.24, 2.45) is 0 Å². The first kappa shape index (κ1) is 32.8. The molecule has 2 nitrogen and oxygen atoms in total. The van der Waals surface area contributed by atoms with Crippen LogP contribution in [0.5, 0.6) is 0 Å².